The van der Waals surface area contributed by atoms with Gasteiger partial charge in [-0.05, 0) is 18.2 Å². The molecule has 0 radical (unpaired) electrons. The number of para-hydroxylation sites is 1. The standard InChI is InChI=1S/C15H16BrNO/c1-17(2)13-7-5-8-14(10-13)18-15-9-4-3-6-12(15)11-16/h3-10H,11H2,1-2H3. The zero-order chi connectivity index (χ0) is 13.0. The molecule has 0 atom stereocenters. The number of nitrogens with zero attached hydrogens (tertiary/aromatic N) is 1. The van der Waals surface area contributed by atoms with Crippen LogP contribution < -0.4 is 9.64 Å². The maximum atomic E-state index is 5.93. The molecule has 3 heteroatoms. The van der Waals surface area contributed by atoms with Gasteiger partial charge in [0.05, 0.1) is 0 Å². The van der Waals surface area contributed by atoms with Crippen LogP contribution in [0.25, 0.3) is 0 Å². The van der Waals surface area contributed by atoms with E-state index < -0.39 is 0 Å². The number of ether oxygens (including phenoxy) is 1. The molecule has 0 unspecified atom stereocenters. The van der Waals surface area contributed by atoms with Gasteiger partial charge in [0.1, 0.15) is 11.5 Å². The average Bonchev–Trinajstić information content (AvgIpc) is 2.39. The molecular weight excluding hydrogens is 290 g/mol. The Morgan fingerprint density at radius 2 is 1.83 bits per heavy atom. The first-order chi connectivity index (χ1) is 8.70. The van der Waals surface area contributed by atoms with Crippen molar-refractivity contribution < 1.29 is 4.74 Å². The Morgan fingerprint density at radius 1 is 1.06 bits per heavy atom. The maximum absolute atomic E-state index is 5.93. The van der Waals surface area contributed by atoms with Gasteiger partial charge < -0.3 is 9.64 Å². The van der Waals surface area contributed by atoms with Gasteiger partial charge in [-0.15, -0.1) is 0 Å². The van der Waals surface area contributed by atoms with Gasteiger partial charge in [0.25, 0.3) is 0 Å². The molecule has 2 nitrogen and oxygen atoms in total. The molecule has 0 aliphatic carbocycles. The highest BCUT2D eigenvalue weighted by Gasteiger charge is 2.04. The van der Waals surface area contributed by atoms with Crippen LogP contribution in [0.3, 0.4) is 0 Å². The second kappa shape index (κ2) is 5.91. The Morgan fingerprint density at radius 3 is 2.56 bits per heavy atom. The third kappa shape index (κ3) is 3.05. The first-order valence-corrected chi connectivity index (χ1v) is 6.92. The zero-order valence-corrected chi connectivity index (χ0v) is 12.1. The third-order valence-corrected chi connectivity index (χ3v) is 3.28. The average molecular weight is 306 g/mol. The van der Waals surface area contributed by atoms with Gasteiger partial charge in [0.2, 0.25) is 0 Å². The summed E-state index contributed by atoms with van der Waals surface area (Å²) in [5.41, 5.74) is 2.27. The SMILES string of the molecule is CN(C)c1cccc(Oc2ccccc2CBr)c1. The Bertz CT molecular complexity index is 525. The lowest BCUT2D eigenvalue weighted by molar-refractivity contribution is 0.478. The van der Waals surface area contributed by atoms with Crippen LogP contribution in [0.5, 0.6) is 11.5 Å². The molecule has 2 aromatic rings. The Labute approximate surface area is 116 Å². The van der Waals surface area contributed by atoms with Crippen LogP contribution in [0.4, 0.5) is 5.69 Å². The van der Waals surface area contributed by atoms with Gasteiger partial charge in [0.15, 0.2) is 0 Å². The topological polar surface area (TPSA) is 12.5 Å². The smallest absolute Gasteiger partial charge is 0.131 e. The molecule has 0 spiro atoms. The summed E-state index contributed by atoms with van der Waals surface area (Å²) in [7, 11) is 4.04. The number of hydrogen-bond acceptors (Lipinski definition) is 2. The minimum absolute atomic E-state index is 0.788. The van der Waals surface area contributed by atoms with Crippen molar-refractivity contribution in [3.8, 4) is 11.5 Å². The lowest BCUT2D eigenvalue weighted by Crippen LogP contribution is -2.08. The zero-order valence-electron chi connectivity index (χ0n) is 10.6. The fraction of sp³-hybridized carbons (Fsp3) is 0.200. The van der Waals surface area contributed by atoms with Gasteiger partial charge in [-0.3, -0.25) is 0 Å². The number of hydrogen-bond donors (Lipinski definition) is 0. The highest BCUT2D eigenvalue weighted by atomic mass is 79.9. The van der Waals surface area contributed by atoms with E-state index in [4.69, 9.17) is 4.74 Å². The van der Waals surface area contributed by atoms with E-state index in [9.17, 15) is 0 Å². The highest BCUT2D eigenvalue weighted by Crippen LogP contribution is 2.28. The van der Waals surface area contributed by atoms with Crippen molar-refractivity contribution in [1.29, 1.82) is 0 Å². The van der Waals surface area contributed by atoms with Crippen molar-refractivity contribution in [2.75, 3.05) is 19.0 Å². The van der Waals surface area contributed by atoms with Gasteiger partial charge in [-0.25, -0.2) is 0 Å². The fourth-order valence-corrected chi connectivity index (χ4v) is 2.13. The van der Waals surface area contributed by atoms with Crippen LogP contribution in [-0.2, 0) is 5.33 Å². The highest BCUT2D eigenvalue weighted by molar-refractivity contribution is 9.08. The van der Waals surface area contributed by atoms with E-state index >= 15 is 0 Å². The molecule has 94 valence electrons. The fourth-order valence-electron chi connectivity index (χ4n) is 1.67. The number of anilines is 1. The third-order valence-electron chi connectivity index (χ3n) is 2.68. The second-order valence-corrected chi connectivity index (χ2v) is 4.80. The molecule has 2 rings (SSSR count). The minimum atomic E-state index is 0.788. The summed E-state index contributed by atoms with van der Waals surface area (Å²) < 4.78 is 5.93. The first kappa shape index (κ1) is 13.0. The molecule has 0 N–H and O–H groups in total. The van der Waals surface area contributed by atoms with Crippen LogP contribution in [0.1, 0.15) is 5.56 Å². The maximum Gasteiger partial charge on any atom is 0.131 e. The van der Waals surface area contributed by atoms with E-state index in [0.717, 1.165) is 28.1 Å². The number of halogens is 1. The van der Waals surface area contributed by atoms with Crippen molar-refractivity contribution in [2.24, 2.45) is 0 Å². The Balaban J connectivity index is 2.25. The summed E-state index contributed by atoms with van der Waals surface area (Å²) in [6.07, 6.45) is 0. The van der Waals surface area contributed by atoms with Gasteiger partial charge in [-0.1, -0.05) is 40.2 Å². The second-order valence-electron chi connectivity index (χ2n) is 4.24. The van der Waals surface area contributed by atoms with Gasteiger partial charge in [-0.2, -0.15) is 0 Å². The molecule has 0 heterocycles. The molecule has 0 aliphatic rings. The van der Waals surface area contributed by atoms with Gasteiger partial charge >= 0.3 is 0 Å². The Kier molecular flexibility index (Phi) is 4.26. The van der Waals surface area contributed by atoms with E-state index in [0.29, 0.717) is 0 Å². The van der Waals surface area contributed by atoms with Gasteiger partial charge in [0, 0.05) is 36.7 Å². The van der Waals surface area contributed by atoms with Crippen LogP contribution >= 0.6 is 15.9 Å². The quantitative estimate of drug-likeness (QED) is 0.774. The number of benzene rings is 2. The van der Waals surface area contributed by atoms with Crippen LogP contribution in [0.15, 0.2) is 48.5 Å². The molecule has 0 aromatic heterocycles. The number of alkyl halides is 1. The van der Waals surface area contributed by atoms with E-state index in [-0.39, 0.29) is 0 Å². The molecule has 0 aliphatic heterocycles. The molecule has 0 fully saturated rings. The summed E-state index contributed by atoms with van der Waals surface area (Å²) in [5.74, 6) is 1.75. The summed E-state index contributed by atoms with van der Waals surface area (Å²) in [5, 5.41) is 0.788. The molecule has 0 saturated heterocycles. The molecule has 18 heavy (non-hydrogen) atoms. The molecule has 0 bridgehead atoms. The van der Waals surface area contributed by atoms with E-state index in [2.05, 4.69) is 33.0 Å². The molecule has 2 aromatic carbocycles. The lowest BCUT2D eigenvalue weighted by Gasteiger charge is -2.14. The summed E-state index contributed by atoms with van der Waals surface area (Å²) in [4.78, 5) is 2.06. The summed E-state index contributed by atoms with van der Waals surface area (Å²) in [6.45, 7) is 0. The van der Waals surface area contributed by atoms with Crippen molar-refractivity contribution in [3.05, 3.63) is 54.1 Å². The summed E-state index contributed by atoms with van der Waals surface area (Å²) >= 11 is 3.47. The van der Waals surface area contributed by atoms with E-state index in [1.165, 1.54) is 0 Å². The largest absolute Gasteiger partial charge is 0.457 e. The molecular formula is C15H16BrNO. The molecule has 0 saturated carbocycles. The van der Waals surface area contributed by atoms with Crippen molar-refractivity contribution in [2.45, 2.75) is 5.33 Å². The van der Waals surface area contributed by atoms with Crippen molar-refractivity contribution >= 4 is 21.6 Å². The molecule has 0 amide bonds. The number of rotatable bonds is 4. The minimum Gasteiger partial charge on any atom is -0.457 e. The lowest BCUT2D eigenvalue weighted by atomic mass is 10.2. The van der Waals surface area contributed by atoms with Crippen LogP contribution in [-0.4, -0.2) is 14.1 Å². The predicted octanol–water partition coefficient (Wildman–Crippen LogP) is 4.44. The monoisotopic (exact) mass is 305 g/mol. The van der Waals surface area contributed by atoms with Crippen LogP contribution in [0, 0.1) is 0 Å². The summed E-state index contributed by atoms with van der Waals surface area (Å²) in [6, 6.07) is 16.1. The normalized spacial score (nSPS) is 10.2. The Hall–Kier alpha value is -1.48. The van der Waals surface area contributed by atoms with E-state index in [1.807, 2.05) is 50.5 Å². The van der Waals surface area contributed by atoms with Crippen LogP contribution in [0.2, 0.25) is 0 Å². The van der Waals surface area contributed by atoms with Crippen molar-refractivity contribution in [3.63, 3.8) is 0 Å². The van der Waals surface area contributed by atoms with Crippen molar-refractivity contribution in [1.82, 2.24) is 0 Å². The predicted molar refractivity (Wildman–Crippen MR) is 79.9 cm³/mol. The first-order valence-electron chi connectivity index (χ1n) is 5.80. The van der Waals surface area contributed by atoms with E-state index in [1.54, 1.807) is 0 Å².